The number of hydrogen-bond acceptors (Lipinski definition) is 4. The van der Waals surface area contributed by atoms with Gasteiger partial charge in [-0.25, -0.2) is 0 Å². The van der Waals surface area contributed by atoms with Crippen LogP contribution in [0.2, 0.25) is 0 Å². The molecule has 0 N–H and O–H groups in total. The second-order valence-corrected chi connectivity index (χ2v) is 6.46. The van der Waals surface area contributed by atoms with Gasteiger partial charge >= 0.3 is 6.18 Å². The molecule has 0 aliphatic carbocycles. The number of ether oxygens (including phenoxy) is 2. The van der Waals surface area contributed by atoms with E-state index in [2.05, 4.69) is 0 Å². The van der Waals surface area contributed by atoms with Crippen LogP contribution in [-0.4, -0.2) is 6.61 Å². The summed E-state index contributed by atoms with van der Waals surface area (Å²) in [7, 11) is 0. The Balaban J connectivity index is 2.19. The summed E-state index contributed by atoms with van der Waals surface area (Å²) < 4.78 is 56.7. The summed E-state index contributed by atoms with van der Waals surface area (Å²) >= 11 is 0. The van der Waals surface area contributed by atoms with Crippen molar-refractivity contribution in [1.82, 2.24) is 0 Å². The highest BCUT2D eigenvalue weighted by atomic mass is 19.4. The van der Waals surface area contributed by atoms with Crippen molar-refractivity contribution < 1.29 is 27.1 Å². The summed E-state index contributed by atoms with van der Waals surface area (Å²) in [5.41, 5.74) is 0.286. The molecule has 1 heterocycles. The zero-order valence-corrected chi connectivity index (χ0v) is 15.6. The maximum atomic E-state index is 13.6. The lowest BCUT2D eigenvalue weighted by molar-refractivity contribution is -0.154. The number of alkyl halides is 3. The summed E-state index contributed by atoms with van der Waals surface area (Å²) in [6, 6.07) is 9.25. The molecule has 0 bridgehead atoms. The first-order valence-corrected chi connectivity index (χ1v) is 8.76. The lowest BCUT2D eigenvalue weighted by Crippen LogP contribution is -2.15. The van der Waals surface area contributed by atoms with Crippen molar-refractivity contribution in [3.05, 3.63) is 63.5 Å². The minimum Gasteiger partial charge on any atom is -0.493 e. The Hall–Kier alpha value is -2.96. The molecule has 2 aromatic carbocycles. The number of rotatable bonds is 5. The Morgan fingerprint density at radius 1 is 1.07 bits per heavy atom. The van der Waals surface area contributed by atoms with E-state index in [4.69, 9.17) is 13.9 Å². The minimum atomic E-state index is -4.90. The summed E-state index contributed by atoms with van der Waals surface area (Å²) in [5.74, 6) is -1.86. The van der Waals surface area contributed by atoms with Gasteiger partial charge in [0, 0.05) is 6.07 Å². The Morgan fingerprint density at radius 3 is 2.50 bits per heavy atom. The van der Waals surface area contributed by atoms with E-state index in [-0.39, 0.29) is 16.7 Å². The van der Waals surface area contributed by atoms with Crippen molar-refractivity contribution in [2.45, 2.75) is 33.4 Å². The average Bonchev–Trinajstić information content (AvgIpc) is 2.64. The van der Waals surface area contributed by atoms with E-state index in [1.807, 2.05) is 6.92 Å². The fraction of sp³-hybridized carbons (Fsp3) is 0.286. The molecule has 0 saturated heterocycles. The van der Waals surface area contributed by atoms with Gasteiger partial charge in [0.25, 0.3) is 5.76 Å². The van der Waals surface area contributed by atoms with Crippen molar-refractivity contribution >= 4 is 11.0 Å². The second-order valence-electron chi connectivity index (χ2n) is 6.46. The maximum Gasteiger partial charge on any atom is 0.453 e. The first kappa shape index (κ1) is 19.8. The van der Waals surface area contributed by atoms with E-state index in [1.54, 1.807) is 32.0 Å². The molecule has 0 saturated carbocycles. The van der Waals surface area contributed by atoms with Crippen LogP contribution in [0.15, 0.2) is 45.6 Å². The van der Waals surface area contributed by atoms with Gasteiger partial charge in [-0.2, -0.15) is 13.2 Å². The van der Waals surface area contributed by atoms with Gasteiger partial charge in [-0.1, -0.05) is 19.1 Å². The van der Waals surface area contributed by atoms with Gasteiger partial charge in [0.1, 0.15) is 17.1 Å². The Morgan fingerprint density at radius 2 is 1.82 bits per heavy atom. The van der Waals surface area contributed by atoms with Gasteiger partial charge in [-0.05, 0) is 49.6 Å². The standard InChI is InChI=1S/C21H19F3O4/c1-4-9-26-14-7-8-15-17(11-14)28-20(21(22,23)24)19(18(15)25)27-16-10-12(2)5-6-13(16)3/h5-8,10-11H,4,9H2,1-3H3. The molecule has 0 amide bonds. The summed E-state index contributed by atoms with van der Waals surface area (Å²) in [4.78, 5) is 12.8. The predicted molar refractivity (Wildman–Crippen MR) is 99.3 cm³/mol. The van der Waals surface area contributed by atoms with Gasteiger partial charge in [0.15, 0.2) is 0 Å². The van der Waals surface area contributed by atoms with Crippen molar-refractivity contribution in [3.63, 3.8) is 0 Å². The highest BCUT2D eigenvalue weighted by Gasteiger charge is 2.40. The summed E-state index contributed by atoms with van der Waals surface area (Å²) in [6.45, 7) is 5.76. The van der Waals surface area contributed by atoms with Crippen LogP contribution in [0.1, 0.15) is 30.2 Å². The van der Waals surface area contributed by atoms with Crippen molar-refractivity contribution in [3.8, 4) is 17.2 Å². The Bertz CT molecular complexity index is 1070. The third kappa shape index (κ3) is 3.98. The molecule has 0 spiro atoms. The highest BCUT2D eigenvalue weighted by molar-refractivity contribution is 5.79. The number of aryl methyl sites for hydroxylation is 2. The fourth-order valence-corrected chi connectivity index (χ4v) is 2.67. The second kappa shape index (κ2) is 7.58. The van der Waals surface area contributed by atoms with Crippen molar-refractivity contribution in [1.29, 1.82) is 0 Å². The van der Waals surface area contributed by atoms with Gasteiger partial charge in [-0.3, -0.25) is 4.79 Å². The summed E-state index contributed by atoms with van der Waals surface area (Å²) in [5, 5.41) is -0.0165. The normalized spacial score (nSPS) is 11.6. The van der Waals surface area contributed by atoms with Gasteiger partial charge in [0.2, 0.25) is 11.2 Å². The third-order valence-electron chi connectivity index (χ3n) is 4.11. The Kier molecular flexibility index (Phi) is 5.36. The molecule has 3 aromatic rings. The van der Waals surface area contributed by atoms with E-state index < -0.39 is 23.1 Å². The first-order chi connectivity index (χ1) is 13.2. The molecule has 4 nitrogen and oxygen atoms in total. The van der Waals surface area contributed by atoms with Crippen LogP contribution in [0, 0.1) is 13.8 Å². The van der Waals surface area contributed by atoms with Crippen LogP contribution in [0.5, 0.6) is 17.2 Å². The molecule has 0 fully saturated rings. The molecule has 0 atom stereocenters. The monoisotopic (exact) mass is 392 g/mol. The first-order valence-electron chi connectivity index (χ1n) is 8.76. The molecule has 1 aromatic heterocycles. The molecule has 148 valence electrons. The van der Waals surface area contributed by atoms with Crippen molar-refractivity contribution in [2.24, 2.45) is 0 Å². The van der Waals surface area contributed by atoms with Gasteiger partial charge in [0.05, 0.1) is 12.0 Å². The molecule has 3 rings (SSSR count). The van der Waals surface area contributed by atoms with Crippen LogP contribution in [0.25, 0.3) is 11.0 Å². The topological polar surface area (TPSA) is 48.7 Å². The fourth-order valence-electron chi connectivity index (χ4n) is 2.67. The van der Waals surface area contributed by atoms with E-state index in [1.165, 1.54) is 18.2 Å². The molecular weight excluding hydrogens is 373 g/mol. The largest absolute Gasteiger partial charge is 0.493 e. The van der Waals surface area contributed by atoms with E-state index >= 15 is 0 Å². The van der Waals surface area contributed by atoms with Crippen LogP contribution in [0.3, 0.4) is 0 Å². The van der Waals surface area contributed by atoms with Crippen LogP contribution in [-0.2, 0) is 6.18 Å². The molecule has 0 unspecified atom stereocenters. The van der Waals surface area contributed by atoms with Crippen LogP contribution < -0.4 is 14.9 Å². The van der Waals surface area contributed by atoms with E-state index in [0.717, 1.165) is 12.0 Å². The molecule has 0 aliphatic rings. The zero-order valence-electron chi connectivity index (χ0n) is 15.6. The van der Waals surface area contributed by atoms with Gasteiger partial charge in [-0.15, -0.1) is 0 Å². The maximum absolute atomic E-state index is 13.6. The highest BCUT2D eigenvalue weighted by Crippen LogP contribution is 2.39. The SMILES string of the molecule is CCCOc1ccc2c(=O)c(Oc3cc(C)ccc3C)c(C(F)(F)F)oc2c1. The lowest BCUT2D eigenvalue weighted by atomic mass is 10.1. The quantitative estimate of drug-likeness (QED) is 0.534. The number of halogens is 3. The lowest BCUT2D eigenvalue weighted by Gasteiger charge is -2.15. The number of fused-ring (bicyclic) bond motifs is 1. The molecule has 0 aliphatic heterocycles. The van der Waals surface area contributed by atoms with E-state index in [9.17, 15) is 18.0 Å². The predicted octanol–water partition coefficient (Wildman–Crippen LogP) is 6.01. The third-order valence-corrected chi connectivity index (χ3v) is 4.11. The number of hydrogen-bond donors (Lipinski definition) is 0. The number of benzene rings is 2. The molecular formula is C21H19F3O4. The minimum absolute atomic E-state index is 0.0165. The van der Waals surface area contributed by atoms with Crippen LogP contribution in [0.4, 0.5) is 13.2 Å². The smallest absolute Gasteiger partial charge is 0.453 e. The van der Waals surface area contributed by atoms with Crippen molar-refractivity contribution in [2.75, 3.05) is 6.61 Å². The van der Waals surface area contributed by atoms with Crippen LogP contribution >= 0.6 is 0 Å². The Labute approximate surface area is 159 Å². The molecule has 28 heavy (non-hydrogen) atoms. The molecule has 0 radical (unpaired) electrons. The van der Waals surface area contributed by atoms with Gasteiger partial charge < -0.3 is 13.9 Å². The average molecular weight is 392 g/mol. The van der Waals surface area contributed by atoms with E-state index in [0.29, 0.717) is 17.9 Å². The summed E-state index contributed by atoms with van der Waals surface area (Å²) in [6.07, 6.45) is -4.17. The molecule has 7 heteroatoms. The zero-order chi connectivity index (χ0) is 20.5.